The Balaban J connectivity index is 1.64. The molecule has 0 atom stereocenters. The van der Waals surface area contributed by atoms with Crippen LogP contribution in [-0.4, -0.2) is 24.9 Å². The first-order valence-electron chi connectivity index (χ1n) is 8.19. The van der Waals surface area contributed by atoms with E-state index < -0.39 is 0 Å². The van der Waals surface area contributed by atoms with Gasteiger partial charge in [0.25, 0.3) is 0 Å². The van der Waals surface area contributed by atoms with Crippen LogP contribution >= 0.6 is 11.8 Å². The summed E-state index contributed by atoms with van der Waals surface area (Å²) in [5.41, 5.74) is 1.03. The summed E-state index contributed by atoms with van der Waals surface area (Å²) in [7, 11) is 0. The summed E-state index contributed by atoms with van der Waals surface area (Å²) in [5, 5.41) is 5.74. The first-order valence-corrected chi connectivity index (χ1v) is 9.18. The van der Waals surface area contributed by atoms with Crippen molar-refractivity contribution in [3.05, 3.63) is 60.2 Å². The van der Waals surface area contributed by atoms with Crippen molar-refractivity contribution in [1.29, 1.82) is 0 Å². The van der Waals surface area contributed by atoms with Crippen LogP contribution in [0.15, 0.2) is 59.5 Å². The molecule has 0 spiro atoms. The van der Waals surface area contributed by atoms with E-state index in [4.69, 9.17) is 4.74 Å². The highest BCUT2D eigenvalue weighted by Crippen LogP contribution is 2.16. The molecular weight excluding hydrogens is 320 g/mol. The second-order valence-electron chi connectivity index (χ2n) is 5.27. The molecule has 0 aliphatic heterocycles. The van der Waals surface area contributed by atoms with Gasteiger partial charge >= 0.3 is 6.03 Å². The lowest BCUT2D eigenvalue weighted by Gasteiger charge is -2.09. The molecule has 0 fully saturated rings. The normalized spacial score (nSPS) is 10.2. The molecule has 0 aliphatic rings. The largest absolute Gasteiger partial charge is 0.494 e. The number of urea groups is 1. The van der Waals surface area contributed by atoms with Crippen LogP contribution in [0.3, 0.4) is 0 Å². The van der Waals surface area contributed by atoms with Gasteiger partial charge in [-0.05, 0) is 36.2 Å². The third-order valence-electron chi connectivity index (χ3n) is 3.22. The quantitative estimate of drug-likeness (QED) is 0.533. The minimum Gasteiger partial charge on any atom is -0.494 e. The standard InChI is InChI=1S/C19H24N2O2S/c1-2-12-23-17-8-6-7-16(14-17)15-21-19(22)20-11-13-24-18-9-4-3-5-10-18/h3-10,14H,2,11-13,15H2,1H3,(H2,20,21,22). The second-order valence-corrected chi connectivity index (χ2v) is 6.44. The third kappa shape index (κ3) is 6.96. The summed E-state index contributed by atoms with van der Waals surface area (Å²) in [6.45, 7) is 3.90. The smallest absolute Gasteiger partial charge is 0.315 e. The molecule has 2 aromatic carbocycles. The van der Waals surface area contributed by atoms with Crippen LogP contribution in [0.25, 0.3) is 0 Å². The minimum absolute atomic E-state index is 0.149. The molecule has 0 aromatic heterocycles. The lowest BCUT2D eigenvalue weighted by Crippen LogP contribution is -2.36. The number of ether oxygens (including phenoxy) is 1. The molecule has 0 saturated carbocycles. The lowest BCUT2D eigenvalue weighted by atomic mass is 10.2. The molecule has 0 heterocycles. The Morgan fingerprint density at radius 2 is 1.92 bits per heavy atom. The number of nitrogens with one attached hydrogen (secondary N) is 2. The monoisotopic (exact) mass is 344 g/mol. The Morgan fingerprint density at radius 3 is 2.71 bits per heavy atom. The van der Waals surface area contributed by atoms with Crippen molar-refractivity contribution in [2.75, 3.05) is 18.9 Å². The molecular formula is C19H24N2O2S. The van der Waals surface area contributed by atoms with Gasteiger partial charge < -0.3 is 15.4 Å². The van der Waals surface area contributed by atoms with Gasteiger partial charge in [-0.2, -0.15) is 0 Å². The number of hydrogen-bond donors (Lipinski definition) is 2. The zero-order valence-electron chi connectivity index (χ0n) is 14.0. The van der Waals surface area contributed by atoms with Crippen molar-refractivity contribution in [3.63, 3.8) is 0 Å². The van der Waals surface area contributed by atoms with Crippen LogP contribution in [0.1, 0.15) is 18.9 Å². The molecule has 0 saturated heterocycles. The van der Waals surface area contributed by atoms with E-state index in [1.165, 1.54) is 4.90 Å². The maximum absolute atomic E-state index is 11.8. The summed E-state index contributed by atoms with van der Waals surface area (Å²) in [4.78, 5) is 13.0. The summed E-state index contributed by atoms with van der Waals surface area (Å²) in [6, 6.07) is 17.8. The number of thioether (sulfide) groups is 1. The number of amides is 2. The molecule has 2 rings (SSSR count). The summed E-state index contributed by atoms with van der Waals surface area (Å²) < 4.78 is 5.59. The lowest BCUT2D eigenvalue weighted by molar-refractivity contribution is 0.241. The molecule has 4 nitrogen and oxygen atoms in total. The van der Waals surface area contributed by atoms with Crippen molar-refractivity contribution in [2.45, 2.75) is 24.8 Å². The van der Waals surface area contributed by atoms with Crippen LogP contribution in [0.5, 0.6) is 5.75 Å². The van der Waals surface area contributed by atoms with Crippen LogP contribution < -0.4 is 15.4 Å². The molecule has 2 aromatic rings. The SMILES string of the molecule is CCCOc1cccc(CNC(=O)NCCSc2ccccc2)c1. The number of benzene rings is 2. The van der Waals surface area contributed by atoms with Gasteiger partial charge in [0.15, 0.2) is 0 Å². The van der Waals surface area contributed by atoms with Gasteiger partial charge in [0.2, 0.25) is 0 Å². The zero-order chi connectivity index (χ0) is 17.0. The van der Waals surface area contributed by atoms with Gasteiger partial charge in [-0.1, -0.05) is 37.3 Å². The Morgan fingerprint density at radius 1 is 1.08 bits per heavy atom. The highest BCUT2D eigenvalue weighted by atomic mass is 32.2. The van der Waals surface area contributed by atoms with Crippen LogP contribution in [0.4, 0.5) is 4.79 Å². The molecule has 0 unspecified atom stereocenters. The first-order chi connectivity index (χ1) is 11.8. The Labute approximate surface area is 148 Å². The van der Waals surface area contributed by atoms with Gasteiger partial charge in [-0.3, -0.25) is 0 Å². The predicted octanol–water partition coefficient (Wildman–Crippen LogP) is 4.07. The molecule has 0 bridgehead atoms. The summed E-state index contributed by atoms with van der Waals surface area (Å²) in [6.07, 6.45) is 0.978. The topological polar surface area (TPSA) is 50.4 Å². The molecule has 24 heavy (non-hydrogen) atoms. The van der Waals surface area contributed by atoms with E-state index in [0.717, 1.165) is 23.5 Å². The Kier molecular flexibility index (Phi) is 8.04. The van der Waals surface area contributed by atoms with Crippen molar-refractivity contribution in [3.8, 4) is 5.75 Å². The fourth-order valence-corrected chi connectivity index (χ4v) is 2.85. The van der Waals surface area contributed by atoms with E-state index in [-0.39, 0.29) is 6.03 Å². The van der Waals surface area contributed by atoms with Gasteiger partial charge in [0.1, 0.15) is 5.75 Å². The molecule has 2 N–H and O–H groups in total. The van der Waals surface area contributed by atoms with Gasteiger partial charge in [0, 0.05) is 23.7 Å². The number of carbonyl (C=O) groups is 1. The van der Waals surface area contributed by atoms with Crippen LogP contribution in [0.2, 0.25) is 0 Å². The van der Waals surface area contributed by atoms with E-state index in [2.05, 4.69) is 29.7 Å². The zero-order valence-corrected chi connectivity index (χ0v) is 14.8. The molecule has 2 amide bonds. The number of hydrogen-bond acceptors (Lipinski definition) is 3. The van der Waals surface area contributed by atoms with Gasteiger partial charge in [0.05, 0.1) is 6.61 Å². The fourth-order valence-electron chi connectivity index (χ4n) is 2.06. The molecule has 0 radical (unpaired) electrons. The Bertz CT molecular complexity index is 620. The van der Waals surface area contributed by atoms with Crippen LogP contribution in [-0.2, 0) is 6.54 Å². The van der Waals surface area contributed by atoms with E-state index in [0.29, 0.717) is 19.7 Å². The average Bonchev–Trinajstić information content (AvgIpc) is 2.63. The van der Waals surface area contributed by atoms with E-state index in [1.54, 1.807) is 11.8 Å². The minimum atomic E-state index is -0.149. The second kappa shape index (κ2) is 10.6. The highest BCUT2D eigenvalue weighted by Gasteiger charge is 2.02. The first kappa shape index (κ1) is 18.2. The van der Waals surface area contributed by atoms with E-state index in [9.17, 15) is 4.79 Å². The summed E-state index contributed by atoms with van der Waals surface area (Å²) >= 11 is 1.73. The Hall–Kier alpha value is -2.14. The van der Waals surface area contributed by atoms with Gasteiger partial charge in [-0.15, -0.1) is 11.8 Å². The van der Waals surface area contributed by atoms with Crippen molar-refractivity contribution in [1.82, 2.24) is 10.6 Å². The van der Waals surface area contributed by atoms with Gasteiger partial charge in [-0.25, -0.2) is 4.79 Å². The van der Waals surface area contributed by atoms with Crippen molar-refractivity contribution < 1.29 is 9.53 Å². The number of carbonyl (C=O) groups excluding carboxylic acids is 1. The molecule has 128 valence electrons. The average molecular weight is 344 g/mol. The van der Waals surface area contributed by atoms with E-state index >= 15 is 0 Å². The predicted molar refractivity (Wildman–Crippen MR) is 99.6 cm³/mol. The van der Waals surface area contributed by atoms with Crippen LogP contribution in [0, 0.1) is 0 Å². The van der Waals surface area contributed by atoms with E-state index in [1.807, 2.05) is 42.5 Å². The van der Waals surface area contributed by atoms with Crippen molar-refractivity contribution in [2.24, 2.45) is 0 Å². The fraction of sp³-hybridized carbons (Fsp3) is 0.316. The number of rotatable bonds is 9. The highest BCUT2D eigenvalue weighted by molar-refractivity contribution is 7.99. The maximum Gasteiger partial charge on any atom is 0.315 e. The molecule has 5 heteroatoms. The maximum atomic E-state index is 11.8. The van der Waals surface area contributed by atoms with Crippen molar-refractivity contribution >= 4 is 17.8 Å². The molecule has 0 aliphatic carbocycles. The summed E-state index contributed by atoms with van der Waals surface area (Å²) in [5.74, 6) is 1.69. The third-order valence-corrected chi connectivity index (χ3v) is 4.24.